The van der Waals surface area contributed by atoms with Crippen molar-refractivity contribution in [3.8, 4) is 0 Å². The highest BCUT2D eigenvalue weighted by Crippen LogP contribution is 2.30. The second-order valence-corrected chi connectivity index (χ2v) is 6.74. The van der Waals surface area contributed by atoms with Gasteiger partial charge in [0, 0.05) is 0 Å². The highest BCUT2D eigenvalue weighted by atomic mass is 32.2. The molecular formula is C9H15NO4S. The molecule has 0 bridgehead atoms. The molecule has 86 valence electrons. The number of carboxylic acids is 1. The van der Waals surface area contributed by atoms with Crippen LogP contribution in [0.4, 0.5) is 0 Å². The molecule has 1 saturated carbocycles. The van der Waals surface area contributed by atoms with Crippen LogP contribution >= 0.6 is 0 Å². The summed E-state index contributed by atoms with van der Waals surface area (Å²) in [6, 6.07) is 0. The van der Waals surface area contributed by atoms with Gasteiger partial charge in [-0.25, -0.2) is 8.42 Å². The normalized spacial score (nSPS) is 34.1. The van der Waals surface area contributed by atoms with Crippen LogP contribution in [0.3, 0.4) is 0 Å². The van der Waals surface area contributed by atoms with Gasteiger partial charge in [0.25, 0.3) is 0 Å². The predicted octanol–water partition coefficient (Wildman–Crippen LogP) is -0.372. The van der Waals surface area contributed by atoms with Gasteiger partial charge < -0.3 is 10.4 Å². The zero-order valence-corrected chi connectivity index (χ0v) is 9.22. The van der Waals surface area contributed by atoms with E-state index >= 15 is 0 Å². The van der Waals surface area contributed by atoms with Crippen LogP contribution in [0.25, 0.3) is 0 Å². The van der Waals surface area contributed by atoms with Gasteiger partial charge in [-0.15, -0.1) is 0 Å². The number of carboxylic acid groups (broad SMARTS) is 1. The Morgan fingerprint density at radius 1 is 1.47 bits per heavy atom. The van der Waals surface area contributed by atoms with Gasteiger partial charge in [0.05, 0.1) is 11.5 Å². The summed E-state index contributed by atoms with van der Waals surface area (Å²) >= 11 is 0. The van der Waals surface area contributed by atoms with E-state index in [4.69, 9.17) is 5.11 Å². The van der Waals surface area contributed by atoms with E-state index in [1.54, 1.807) is 0 Å². The van der Waals surface area contributed by atoms with Gasteiger partial charge in [-0.1, -0.05) is 0 Å². The molecule has 2 rings (SSSR count). The lowest BCUT2D eigenvalue weighted by atomic mass is 9.99. The summed E-state index contributed by atoms with van der Waals surface area (Å²) in [4.78, 5) is 11.1. The molecule has 0 aromatic carbocycles. The van der Waals surface area contributed by atoms with Crippen LogP contribution in [0.2, 0.25) is 0 Å². The maximum atomic E-state index is 11.3. The third-order valence-electron chi connectivity index (χ3n) is 3.14. The number of aliphatic carboxylic acids is 1. The summed E-state index contributed by atoms with van der Waals surface area (Å²) in [6.07, 6.45) is 2.43. The Morgan fingerprint density at radius 2 is 2.13 bits per heavy atom. The molecule has 0 spiro atoms. The molecule has 2 aliphatic rings. The second-order valence-electron chi connectivity index (χ2n) is 4.55. The van der Waals surface area contributed by atoms with Crippen molar-refractivity contribution in [1.29, 1.82) is 0 Å². The summed E-state index contributed by atoms with van der Waals surface area (Å²) < 4.78 is 22.6. The molecule has 1 unspecified atom stereocenters. The van der Waals surface area contributed by atoms with Gasteiger partial charge in [0.15, 0.2) is 9.84 Å². The molecule has 0 aromatic rings. The fourth-order valence-electron chi connectivity index (χ4n) is 1.89. The topological polar surface area (TPSA) is 83.5 Å². The average Bonchev–Trinajstić information content (AvgIpc) is 2.89. The smallest absolute Gasteiger partial charge is 0.324 e. The number of carbonyl (C=O) groups is 1. The standard InChI is InChI=1S/C9H15NO4S/c11-8(12)9(10-5-7-1-2-7)3-4-15(13,14)6-9/h7,10H,1-6H2,(H,11,12). The minimum absolute atomic E-state index is 0.0169. The Balaban J connectivity index is 2.07. The van der Waals surface area contributed by atoms with Crippen molar-refractivity contribution in [1.82, 2.24) is 5.32 Å². The molecule has 5 nitrogen and oxygen atoms in total. The Hall–Kier alpha value is -0.620. The van der Waals surface area contributed by atoms with Gasteiger partial charge in [0.1, 0.15) is 5.54 Å². The molecule has 2 fully saturated rings. The SMILES string of the molecule is O=C(O)C1(NCC2CC2)CCS(=O)(=O)C1. The number of sulfone groups is 1. The molecule has 0 amide bonds. The average molecular weight is 233 g/mol. The molecule has 1 aliphatic heterocycles. The molecule has 1 heterocycles. The van der Waals surface area contributed by atoms with Crippen LogP contribution in [0, 0.1) is 5.92 Å². The molecule has 0 aromatic heterocycles. The second kappa shape index (κ2) is 3.45. The van der Waals surface area contributed by atoms with Crippen molar-refractivity contribution in [2.75, 3.05) is 18.1 Å². The predicted molar refractivity (Wildman–Crippen MR) is 54.4 cm³/mol. The molecular weight excluding hydrogens is 218 g/mol. The van der Waals surface area contributed by atoms with Gasteiger partial charge >= 0.3 is 5.97 Å². The van der Waals surface area contributed by atoms with Crippen LogP contribution in [-0.4, -0.2) is 43.1 Å². The van der Waals surface area contributed by atoms with E-state index in [2.05, 4.69) is 5.32 Å². The maximum absolute atomic E-state index is 11.3. The lowest BCUT2D eigenvalue weighted by Crippen LogP contribution is -2.53. The molecule has 1 saturated heterocycles. The third kappa shape index (κ3) is 2.31. The first-order valence-corrected chi connectivity index (χ1v) is 6.95. The van der Waals surface area contributed by atoms with Crippen molar-refractivity contribution in [3.05, 3.63) is 0 Å². The molecule has 2 N–H and O–H groups in total. The van der Waals surface area contributed by atoms with Gasteiger partial charge in [-0.2, -0.15) is 0 Å². The lowest BCUT2D eigenvalue weighted by molar-refractivity contribution is -0.143. The summed E-state index contributed by atoms with van der Waals surface area (Å²) in [6.45, 7) is 0.627. The molecule has 6 heteroatoms. The van der Waals surface area contributed by atoms with E-state index in [0.717, 1.165) is 12.8 Å². The quantitative estimate of drug-likeness (QED) is 0.692. The summed E-state index contributed by atoms with van der Waals surface area (Å²) in [5.41, 5.74) is -1.22. The fourth-order valence-corrected chi connectivity index (χ4v) is 3.82. The van der Waals surface area contributed by atoms with Gasteiger partial charge in [0.2, 0.25) is 0 Å². The van der Waals surface area contributed by atoms with Gasteiger partial charge in [-0.3, -0.25) is 4.79 Å². The number of rotatable bonds is 4. The monoisotopic (exact) mass is 233 g/mol. The number of nitrogens with one attached hydrogen (secondary N) is 1. The van der Waals surface area contributed by atoms with E-state index < -0.39 is 21.3 Å². The van der Waals surface area contributed by atoms with E-state index in [0.29, 0.717) is 12.5 Å². The van der Waals surface area contributed by atoms with Crippen LogP contribution < -0.4 is 5.32 Å². The summed E-state index contributed by atoms with van der Waals surface area (Å²) in [5, 5.41) is 12.0. The Labute approximate surface area is 88.8 Å². The number of hydrogen-bond acceptors (Lipinski definition) is 4. The molecule has 1 atom stereocenters. The first-order valence-electron chi connectivity index (χ1n) is 5.12. The van der Waals surface area contributed by atoms with Gasteiger partial charge in [-0.05, 0) is 31.7 Å². The Kier molecular flexibility index (Phi) is 2.50. The molecule has 1 aliphatic carbocycles. The minimum atomic E-state index is -3.17. The Morgan fingerprint density at radius 3 is 2.53 bits per heavy atom. The first kappa shape index (κ1) is 10.9. The van der Waals surface area contributed by atoms with Crippen molar-refractivity contribution in [2.24, 2.45) is 5.92 Å². The van der Waals surface area contributed by atoms with Crippen LogP contribution in [0.15, 0.2) is 0 Å². The van der Waals surface area contributed by atoms with Crippen molar-refractivity contribution in [3.63, 3.8) is 0 Å². The van der Waals surface area contributed by atoms with E-state index in [1.807, 2.05) is 0 Å². The van der Waals surface area contributed by atoms with E-state index in [9.17, 15) is 13.2 Å². The zero-order chi connectivity index (χ0) is 11.1. The Bertz CT molecular complexity index is 374. The van der Waals surface area contributed by atoms with Crippen molar-refractivity contribution >= 4 is 15.8 Å². The largest absolute Gasteiger partial charge is 0.480 e. The van der Waals surface area contributed by atoms with E-state index in [1.165, 1.54) is 0 Å². The summed E-state index contributed by atoms with van der Waals surface area (Å²) in [5.74, 6) is -0.771. The molecule has 0 radical (unpaired) electrons. The first-order chi connectivity index (χ1) is 6.94. The third-order valence-corrected chi connectivity index (χ3v) is 4.90. The summed E-state index contributed by atoms with van der Waals surface area (Å²) in [7, 11) is -3.17. The van der Waals surface area contributed by atoms with Crippen LogP contribution in [-0.2, 0) is 14.6 Å². The fraction of sp³-hybridized carbons (Fsp3) is 0.889. The molecule has 15 heavy (non-hydrogen) atoms. The lowest BCUT2D eigenvalue weighted by Gasteiger charge is -2.23. The minimum Gasteiger partial charge on any atom is -0.480 e. The number of hydrogen-bond donors (Lipinski definition) is 2. The highest BCUT2D eigenvalue weighted by molar-refractivity contribution is 7.91. The maximum Gasteiger partial charge on any atom is 0.324 e. The van der Waals surface area contributed by atoms with Crippen LogP contribution in [0.5, 0.6) is 0 Å². The highest BCUT2D eigenvalue weighted by Gasteiger charge is 2.48. The zero-order valence-electron chi connectivity index (χ0n) is 8.40. The van der Waals surface area contributed by atoms with Crippen molar-refractivity contribution in [2.45, 2.75) is 24.8 Å². The van der Waals surface area contributed by atoms with Crippen LogP contribution in [0.1, 0.15) is 19.3 Å². The van der Waals surface area contributed by atoms with E-state index in [-0.39, 0.29) is 17.9 Å². The van der Waals surface area contributed by atoms with Crippen molar-refractivity contribution < 1.29 is 18.3 Å².